The van der Waals surface area contributed by atoms with E-state index >= 15 is 0 Å². The van der Waals surface area contributed by atoms with Crippen molar-refractivity contribution in [1.82, 2.24) is 4.57 Å². The van der Waals surface area contributed by atoms with E-state index in [-0.39, 0.29) is 17.7 Å². The molecule has 1 aliphatic rings. The number of nitrogens with zero attached hydrogens (tertiary/aromatic N) is 2. The molecule has 1 atom stereocenters. The highest BCUT2D eigenvalue weighted by atomic mass is 32.1. The maximum Gasteiger partial charge on any atom is 0.338 e. The standard InChI is InChI=1S/C30H26N2O5S/c1-4-37-29(34)25-26(20-13-9-6-10-14-20)31-30-32(27(25)21-15-16-22(35-2)23(18-21)36-3)28(33)24(38-30)17-19-11-7-5-8-12-19/h5-18,27H,4H2,1-3H3/b24-17-/t27-/m0/s1. The molecule has 0 fully saturated rings. The molecule has 0 saturated heterocycles. The molecule has 192 valence electrons. The van der Waals surface area contributed by atoms with Crippen molar-refractivity contribution in [1.29, 1.82) is 0 Å². The molecule has 38 heavy (non-hydrogen) atoms. The van der Waals surface area contributed by atoms with Gasteiger partial charge in [-0.2, -0.15) is 0 Å². The topological polar surface area (TPSA) is 79.1 Å². The van der Waals surface area contributed by atoms with Gasteiger partial charge in [0, 0.05) is 5.56 Å². The van der Waals surface area contributed by atoms with Crippen LogP contribution in [-0.4, -0.2) is 31.4 Å². The maximum atomic E-state index is 13.9. The predicted octanol–water partition coefficient (Wildman–Crippen LogP) is 3.95. The third kappa shape index (κ3) is 4.66. The number of carbonyl (C=O) groups is 1. The summed E-state index contributed by atoms with van der Waals surface area (Å²) in [5.41, 5.74) is 2.82. The number of ether oxygens (including phenoxy) is 3. The number of hydrogen-bond acceptors (Lipinski definition) is 7. The number of esters is 1. The van der Waals surface area contributed by atoms with Gasteiger partial charge in [-0.15, -0.1) is 0 Å². The zero-order valence-corrected chi connectivity index (χ0v) is 22.0. The molecule has 1 aromatic heterocycles. The number of aromatic nitrogens is 1. The van der Waals surface area contributed by atoms with Crippen molar-refractivity contribution in [2.45, 2.75) is 13.0 Å². The lowest BCUT2D eigenvalue weighted by atomic mass is 9.93. The summed E-state index contributed by atoms with van der Waals surface area (Å²) in [5.74, 6) is 0.489. The van der Waals surface area contributed by atoms with Crippen LogP contribution in [0.3, 0.4) is 0 Å². The monoisotopic (exact) mass is 526 g/mol. The first-order valence-electron chi connectivity index (χ1n) is 12.1. The van der Waals surface area contributed by atoms with E-state index in [0.29, 0.717) is 32.1 Å². The number of thiazole rings is 1. The van der Waals surface area contributed by atoms with Crippen molar-refractivity contribution in [3.05, 3.63) is 121 Å². The van der Waals surface area contributed by atoms with Crippen molar-refractivity contribution >= 4 is 29.1 Å². The quantitative estimate of drug-likeness (QED) is 0.341. The van der Waals surface area contributed by atoms with Crippen LogP contribution >= 0.6 is 11.3 Å². The Labute approximate surface area is 223 Å². The molecule has 2 heterocycles. The first kappa shape index (κ1) is 25.2. The van der Waals surface area contributed by atoms with Crippen LogP contribution in [-0.2, 0) is 9.53 Å². The second-order valence-corrected chi connectivity index (χ2v) is 9.47. The average molecular weight is 527 g/mol. The Morgan fingerprint density at radius 3 is 2.32 bits per heavy atom. The highest BCUT2D eigenvalue weighted by Gasteiger charge is 2.35. The van der Waals surface area contributed by atoms with E-state index in [4.69, 9.17) is 19.2 Å². The first-order chi connectivity index (χ1) is 18.5. The van der Waals surface area contributed by atoms with Gasteiger partial charge in [-0.1, -0.05) is 78.1 Å². The number of hydrogen-bond donors (Lipinski definition) is 0. The highest BCUT2D eigenvalue weighted by Crippen LogP contribution is 2.38. The molecule has 3 aromatic carbocycles. The minimum absolute atomic E-state index is 0.182. The molecule has 1 aliphatic heterocycles. The lowest BCUT2D eigenvalue weighted by Crippen LogP contribution is -2.40. The third-order valence-electron chi connectivity index (χ3n) is 6.19. The minimum atomic E-state index is -0.793. The molecule has 8 heteroatoms. The van der Waals surface area contributed by atoms with E-state index in [0.717, 1.165) is 11.1 Å². The maximum absolute atomic E-state index is 13.9. The molecule has 0 radical (unpaired) electrons. The summed E-state index contributed by atoms with van der Waals surface area (Å²) < 4.78 is 18.6. The minimum Gasteiger partial charge on any atom is -0.493 e. The van der Waals surface area contributed by atoms with Gasteiger partial charge in [0.05, 0.1) is 42.7 Å². The fraction of sp³-hybridized carbons (Fsp3) is 0.167. The molecule has 5 rings (SSSR count). The van der Waals surface area contributed by atoms with Crippen LogP contribution in [0.2, 0.25) is 0 Å². The molecule has 0 bridgehead atoms. The van der Waals surface area contributed by atoms with Gasteiger partial charge in [0.25, 0.3) is 5.56 Å². The Hall–Kier alpha value is -4.43. The molecule has 0 aliphatic carbocycles. The fourth-order valence-electron chi connectivity index (χ4n) is 4.48. The molecule has 7 nitrogen and oxygen atoms in total. The van der Waals surface area contributed by atoms with Crippen LogP contribution in [0.1, 0.15) is 29.7 Å². The number of benzene rings is 3. The fourth-order valence-corrected chi connectivity index (χ4v) is 5.48. The summed E-state index contributed by atoms with van der Waals surface area (Å²) in [4.78, 5) is 32.8. The van der Waals surface area contributed by atoms with Gasteiger partial charge in [-0.25, -0.2) is 9.79 Å². The summed E-state index contributed by atoms with van der Waals surface area (Å²) in [7, 11) is 3.10. The Morgan fingerprint density at radius 1 is 0.974 bits per heavy atom. The lowest BCUT2D eigenvalue weighted by molar-refractivity contribution is -0.138. The van der Waals surface area contributed by atoms with Gasteiger partial charge in [0.1, 0.15) is 0 Å². The first-order valence-corrected chi connectivity index (χ1v) is 12.9. The van der Waals surface area contributed by atoms with Gasteiger partial charge < -0.3 is 14.2 Å². The van der Waals surface area contributed by atoms with Crippen molar-refractivity contribution in [3.8, 4) is 11.5 Å². The third-order valence-corrected chi connectivity index (χ3v) is 7.18. The molecular weight excluding hydrogens is 500 g/mol. The summed E-state index contributed by atoms with van der Waals surface area (Å²) in [5, 5.41) is 0. The molecule has 0 amide bonds. The van der Waals surface area contributed by atoms with E-state index in [1.165, 1.54) is 11.3 Å². The van der Waals surface area contributed by atoms with Crippen molar-refractivity contribution in [2.75, 3.05) is 20.8 Å². The smallest absolute Gasteiger partial charge is 0.338 e. The summed E-state index contributed by atoms with van der Waals surface area (Å²) in [6, 6.07) is 23.7. The van der Waals surface area contributed by atoms with Crippen LogP contribution in [0.25, 0.3) is 11.8 Å². The van der Waals surface area contributed by atoms with E-state index < -0.39 is 12.0 Å². The van der Waals surface area contributed by atoms with Gasteiger partial charge in [0.15, 0.2) is 16.3 Å². The number of methoxy groups -OCH3 is 2. The molecule has 0 N–H and O–H groups in total. The Kier molecular flexibility index (Phi) is 7.24. The van der Waals surface area contributed by atoms with Gasteiger partial charge in [-0.3, -0.25) is 9.36 Å². The summed E-state index contributed by atoms with van der Waals surface area (Å²) >= 11 is 1.28. The van der Waals surface area contributed by atoms with Gasteiger partial charge >= 0.3 is 5.97 Å². The molecular formula is C30H26N2O5S. The van der Waals surface area contributed by atoms with E-state index in [1.54, 1.807) is 37.8 Å². The van der Waals surface area contributed by atoms with Crippen molar-refractivity contribution in [2.24, 2.45) is 4.99 Å². The molecule has 0 saturated carbocycles. The Balaban J connectivity index is 1.85. The normalized spacial score (nSPS) is 15.0. The summed E-state index contributed by atoms with van der Waals surface area (Å²) in [6.45, 7) is 1.93. The van der Waals surface area contributed by atoms with Gasteiger partial charge in [0.2, 0.25) is 0 Å². The predicted molar refractivity (Wildman–Crippen MR) is 147 cm³/mol. The van der Waals surface area contributed by atoms with Crippen LogP contribution in [0.4, 0.5) is 0 Å². The van der Waals surface area contributed by atoms with Crippen LogP contribution in [0.5, 0.6) is 11.5 Å². The number of carbonyl (C=O) groups excluding carboxylic acids is 1. The Morgan fingerprint density at radius 2 is 1.66 bits per heavy atom. The SMILES string of the molecule is CCOC(=O)C1=C(c2ccccc2)N=c2s/c(=C\c3ccccc3)c(=O)n2[C@H]1c1ccc(OC)c(OC)c1. The lowest BCUT2D eigenvalue weighted by Gasteiger charge is -2.26. The van der Waals surface area contributed by atoms with Crippen molar-refractivity contribution < 1.29 is 19.0 Å². The van der Waals surface area contributed by atoms with E-state index in [2.05, 4.69) is 0 Å². The number of rotatable bonds is 7. The van der Waals surface area contributed by atoms with Crippen LogP contribution in [0.15, 0.2) is 94.2 Å². The molecule has 0 spiro atoms. The number of fused-ring (bicyclic) bond motifs is 1. The van der Waals surface area contributed by atoms with E-state index in [1.807, 2.05) is 72.8 Å². The Bertz CT molecular complexity index is 1690. The van der Waals surface area contributed by atoms with Crippen molar-refractivity contribution in [3.63, 3.8) is 0 Å². The van der Waals surface area contributed by atoms with Gasteiger partial charge in [-0.05, 0) is 36.3 Å². The van der Waals surface area contributed by atoms with E-state index in [9.17, 15) is 9.59 Å². The molecule has 4 aromatic rings. The second-order valence-electron chi connectivity index (χ2n) is 8.46. The zero-order chi connectivity index (χ0) is 26.6. The summed E-state index contributed by atoms with van der Waals surface area (Å²) in [6.07, 6.45) is 1.84. The highest BCUT2D eigenvalue weighted by molar-refractivity contribution is 7.07. The molecule has 0 unspecified atom stereocenters. The average Bonchev–Trinajstić information content (AvgIpc) is 3.27. The zero-order valence-electron chi connectivity index (χ0n) is 21.2. The largest absolute Gasteiger partial charge is 0.493 e. The van der Waals surface area contributed by atoms with Crippen LogP contribution in [0, 0.1) is 0 Å². The second kappa shape index (κ2) is 10.9. The van der Waals surface area contributed by atoms with Crippen LogP contribution < -0.4 is 24.4 Å².